The average Bonchev–Trinajstić information content (AvgIpc) is 3.50. The summed E-state index contributed by atoms with van der Waals surface area (Å²) < 4.78 is 5.71. The molecule has 1 heterocycles. The highest BCUT2D eigenvalue weighted by molar-refractivity contribution is 5.46. The van der Waals surface area contributed by atoms with Gasteiger partial charge < -0.3 is 14.7 Å². The normalized spacial score (nSPS) is 31.6. The van der Waals surface area contributed by atoms with Gasteiger partial charge in [0.2, 0.25) is 0 Å². The Morgan fingerprint density at radius 3 is 2.52 bits per heavy atom. The van der Waals surface area contributed by atoms with Crippen LogP contribution in [-0.4, -0.2) is 41.8 Å². The lowest BCUT2D eigenvalue weighted by atomic mass is 9.85. The molecule has 3 atom stereocenters. The smallest absolute Gasteiger partial charge is 0.125 e. The number of methoxy groups -OCH3 is 1. The fourth-order valence-electron chi connectivity index (χ4n) is 6.61. The Hall–Kier alpha value is -1.50. The zero-order valence-electron chi connectivity index (χ0n) is 17.8. The highest BCUT2D eigenvalue weighted by Gasteiger charge is 2.43. The van der Waals surface area contributed by atoms with Crippen molar-refractivity contribution < 1.29 is 9.84 Å². The van der Waals surface area contributed by atoms with E-state index in [4.69, 9.17) is 4.74 Å². The quantitative estimate of drug-likeness (QED) is 0.754. The zero-order chi connectivity index (χ0) is 19.8. The Labute approximate surface area is 175 Å². The zero-order valence-corrected chi connectivity index (χ0v) is 17.8. The fraction of sp³-hybridized carbons (Fsp3) is 0.692. The lowest BCUT2D eigenvalue weighted by molar-refractivity contribution is 0.110. The minimum absolute atomic E-state index is 0.552. The Kier molecular flexibility index (Phi) is 5.35. The van der Waals surface area contributed by atoms with Crippen LogP contribution in [0.2, 0.25) is 0 Å². The first-order valence-corrected chi connectivity index (χ1v) is 11.8. The number of hydrogen-bond donors (Lipinski definition) is 1. The van der Waals surface area contributed by atoms with Crippen LogP contribution in [-0.2, 0) is 0 Å². The summed E-state index contributed by atoms with van der Waals surface area (Å²) in [5.41, 5.74) is 1.55. The molecule has 1 aromatic rings. The van der Waals surface area contributed by atoms with Gasteiger partial charge in [-0.2, -0.15) is 0 Å². The first kappa shape index (κ1) is 19.5. The molecule has 2 bridgehead atoms. The van der Waals surface area contributed by atoms with E-state index in [-0.39, 0.29) is 0 Å². The Balaban J connectivity index is 1.28. The van der Waals surface area contributed by atoms with Crippen LogP contribution in [0, 0.1) is 23.7 Å². The molecule has 0 spiro atoms. The number of hydrogen-bond acceptors (Lipinski definition) is 3. The lowest BCUT2D eigenvalue weighted by Crippen LogP contribution is -2.43. The Bertz CT molecular complexity index is 793. The van der Waals surface area contributed by atoms with E-state index in [1.807, 2.05) is 6.07 Å². The van der Waals surface area contributed by atoms with Crippen LogP contribution in [0.5, 0.6) is 5.75 Å². The minimum Gasteiger partial charge on any atom is -0.496 e. The van der Waals surface area contributed by atoms with E-state index in [0.717, 1.165) is 54.9 Å². The predicted molar refractivity (Wildman–Crippen MR) is 116 cm³/mol. The number of nitrogens with zero attached hydrogens (tertiary/aromatic N) is 1. The van der Waals surface area contributed by atoms with Crippen molar-refractivity contribution in [2.24, 2.45) is 11.8 Å². The number of ether oxygens (including phenoxy) is 1. The van der Waals surface area contributed by atoms with Crippen LogP contribution in [0.15, 0.2) is 18.2 Å². The van der Waals surface area contributed by atoms with Crippen LogP contribution < -0.4 is 4.74 Å². The van der Waals surface area contributed by atoms with Gasteiger partial charge in [0.15, 0.2) is 0 Å². The summed E-state index contributed by atoms with van der Waals surface area (Å²) in [5.74, 6) is 9.97. The molecule has 1 aliphatic heterocycles. The summed E-state index contributed by atoms with van der Waals surface area (Å²) in [6.45, 7) is 2.44. The monoisotopic (exact) mass is 393 g/mol. The van der Waals surface area contributed by atoms with Crippen molar-refractivity contribution in [1.82, 2.24) is 4.90 Å². The van der Waals surface area contributed by atoms with Gasteiger partial charge >= 0.3 is 0 Å². The van der Waals surface area contributed by atoms with E-state index >= 15 is 0 Å². The maximum atomic E-state index is 10.5. The molecule has 1 aromatic carbocycles. The highest BCUT2D eigenvalue weighted by Crippen LogP contribution is 2.48. The second kappa shape index (κ2) is 7.97. The summed E-state index contributed by atoms with van der Waals surface area (Å²) >= 11 is 0. The van der Waals surface area contributed by atoms with Crippen LogP contribution in [0.25, 0.3) is 0 Å². The second-order valence-corrected chi connectivity index (χ2v) is 10.00. The number of aliphatic hydroxyl groups is 1. The van der Waals surface area contributed by atoms with Crippen LogP contribution >= 0.6 is 0 Å². The first-order chi connectivity index (χ1) is 14.1. The molecule has 3 aliphatic carbocycles. The van der Waals surface area contributed by atoms with Gasteiger partial charge in [0.1, 0.15) is 11.4 Å². The van der Waals surface area contributed by atoms with Gasteiger partial charge in [-0.05, 0) is 112 Å². The molecule has 0 radical (unpaired) electrons. The molecule has 156 valence electrons. The third-order valence-corrected chi connectivity index (χ3v) is 8.24. The largest absolute Gasteiger partial charge is 0.496 e. The highest BCUT2D eigenvalue weighted by atomic mass is 16.5. The van der Waals surface area contributed by atoms with Crippen molar-refractivity contribution >= 4 is 0 Å². The summed E-state index contributed by atoms with van der Waals surface area (Å²) in [4.78, 5) is 2.80. The van der Waals surface area contributed by atoms with Gasteiger partial charge in [0, 0.05) is 11.6 Å². The van der Waals surface area contributed by atoms with Gasteiger partial charge in [-0.3, -0.25) is 0 Å². The SMILES string of the molecule is COc1ccc(C#CC2(O)CCCC2)cc1C1CCN([C@@H]2C[C@H]3CCC2C3)CC1. The Morgan fingerprint density at radius 2 is 1.86 bits per heavy atom. The van der Waals surface area contributed by atoms with Crippen molar-refractivity contribution in [3.8, 4) is 17.6 Å². The molecule has 4 aliphatic rings. The summed E-state index contributed by atoms with van der Waals surface area (Å²) in [6, 6.07) is 7.20. The number of piperidine rings is 1. The molecule has 4 fully saturated rings. The topological polar surface area (TPSA) is 32.7 Å². The maximum Gasteiger partial charge on any atom is 0.125 e. The van der Waals surface area contributed by atoms with E-state index in [2.05, 4.69) is 28.9 Å². The molecule has 3 saturated carbocycles. The van der Waals surface area contributed by atoms with E-state index in [1.165, 1.54) is 57.2 Å². The molecule has 5 rings (SSSR count). The van der Waals surface area contributed by atoms with Crippen molar-refractivity contribution in [2.45, 2.75) is 81.8 Å². The molecule has 0 aromatic heterocycles. The molecule has 1 saturated heterocycles. The van der Waals surface area contributed by atoms with E-state index in [1.54, 1.807) is 7.11 Å². The minimum atomic E-state index is -0.772. The van der Waals surface area contributed by atoms with Crippen molar-refractivity contribution in [3.05, 3.63) is 29.3 Å². The van der Waals surface area contributed by atoms with Gasteiger partial charge in [0.05, 0.1) is 7.11 Å². The molecular weight excluding hydrogens is 358 g/mol. The molecule has 1 unspecified atom stereocenters. The standard InChI is InChI=1S/C26H35NO2/c1-29-25-7-5-19(8-13-26(28)11-2-3-12-26)17-23(25)21-9-14-27(15-10-21)24-18-20-4-6-22(24)16-20/h5,7,17,20-22,24,28H,2-4,6,9-12,14-16,18H2,1H3/t20-,22?,24+/m0/s1. The fourth-order valence-corrected chi connectivity index (χ4v) is 6.61. The summed E-state index contributed by atoms with van der Waals surface area (Å²) in [7, 11) is 1.77. The number of rotatable bonds is 3. The van der Waals surface area contributed by atoms with Crippen molar-refractivity contribution in [1.29, 1.82) is 0 Å². The van der Waals surface area contributed by atoms with Gasteiger partial charge in [-0.25, -0.2) is 0 Å². The van der Waals surface area contributed by atoms with Gasteiger partial charge in [-0.15, -0.1) is 0 Å². The summed E-state index contributed by atoms with van der Waals surface area (Å²) in [6.07, 6.45) is 12.1. The van der Waals surface area contributed by atoms with E-state index in [0.29, 0.717) is 5.92 Å². The third-order valence-electron chi connectivity index (χ3n) is 8.24. The number of benzene rings is 1. The molecule has 3 nitrogen and oxygen atoms in total. The lowest BCUT2D eigenvalue weighted by Gasteiger charge is -2.40. The molecule has 0 amide bonds. The molecule has 29 heavy (non-hydrogen) atoms. The third kappa shape index (κ3) is 3.94. The average molecular weight is 394 g/mol. The van der Waals surface area contributed by atoms with E-state index in [9.17, 15) is 5.11 Å². The predicted octanol–water partition coefficient (Wildman–Crippen LogP) is 4.72. The first-order valence-electron chi connectivity index (χ1n) is 11.8. The van der Waals surface area contributed by atoms with E-state index < -0.39 is 5.60 Å². The van der Waals surface area contributed by atoms with Crippen LogP contribution in [0.4, 0.5) is 0 Å². The maximum absolute atomic E-state index is 10.5. The summed E-state index contributed by atoms with van der Waals surface area (Å²) in [5, 5.41) is 10.5. The second-order valence-electron chi connectivity index (χ2n) is 10.00. The number of likely N-dealkylation sites (tertiary alicyclic amines) is 1. The van der Waals surface area contributed by atoms with Crippen LogP contribution in [0.1, 0.15) is 81.3 Å². The molecule has 1 N–H and O–H groups in total. The van der Waals surface area contributed by atoms with Gasteiger partial charge in [-0.1, -0.05) is 18.3 Å². The van der Waals surface area contributed by atoms with Crippen molar-refractivity contribution in [2.75, 3.05) is 20.2 Å². The molecular formula is C26H35NO2. The Morgan fingerprint density at radius 1 is 1.07 bits per heavy atom. The number of fused-ring (bicyclic) bond motifs is 2. The molecule has 3 heteroatoms. The van der Waals surface area contributed by atoms with Crippen molar-refractivity contribution in [3.63, 3.8) is 0 Å². The van der Waals surface area contributed by atoms with Crippen LogP contribution in [0.3, 0.4) is 0 Å². The van der Waals surface area contributed by atoms with Gasteiger partial charge in [0.25, 0.3) is 0 Å².